The average molecular weight is 222 g/mol. The third-order valence-corrected chi connectivity index (χ3v) is 3.14. The van der Waals surface area contributed by atoms with Crippen molar-refractivity contribution in [3.05, 3.63) is 6.33 Å². The SMILES string of the molecule is CCC1CCCN1c1ncnc(N)c1OC. The minimum atomic E-state index is 0.411. The van der Waals surface area contributed by atoms with Crippen molar-refractivity contribution in [1.29, 1.82) is 0 Å². The van der Waals surface area contributed by atoms with Gasteiger partial charge in [-0.15, -0.1) is 0 Å². The Balaban J connectivity index is 2.35. The number of nitrogens with two attached hydrogens (primary N) is 1. The zero-order chi connectivity index (χ0) is 11.5. The number of hydrogen-bond acceptors (Lipinski definition) is 5. The van der Waals surface area contributed by atoms with Crippen molar-refractivity contribution in [3.8, 4) is 5.75 Å². The van der Waals surface area contributed by atoms with Gasteiger partial charge in [0.2, 0.25) is 5.75 Å². The molecule has 1 aliphatic rings. The summed E-state index contributed by atoms with van der Waals surface area (Å²) in [6, 6.07) is 0.545. The van der Waals surface area contributed by atoms with Crippen molar-refractivity contribution in [2.24, 2.45) is 0 Å². The van der Waals surface area contributed by atoms with Gasteiger partial charge < -0.3 is 15.4 Å². The van der Waals surface area contributed by atoms with E-state index in [1.807, 2.05) is 0 Å². The monoisotopic (exact) mass is 222 g/mol. The van der Waals surface area contributed by atoms with Gasteiger partial charge in [-0.2, -0.15) is 0 Å². The van der Waals surface area contributed by atoms with Crippen LogP contribution in [0.5, 0.6) is 5.75 Å². The van der Waals surface area contributed by atoms with Crippen LogP contribution in [0.3, 0.4) is 0 Å². The lowest BCUT2D eigenvalue weighted by Crippen LogP contribution is -2.29. The second kappa shape index (κ2) is 4.55. The van der Waals surface area contributed by atoms with Crippen molar-refractivity contribution in [1.82, 2.24) is 9.97 Å². The Hall–Kier alpha value is -1.52. The standard InChI is InChI=1S/C11H18N4O/c1-3-8-5-4-6-15(8)11-9(16-2)10(12)13-7-14-11/h7-8H,3-6H2,1-2H3,(H2,12,13,14). The summed E-state index contributed by atoms with van der Waals surface area (Å²) < 4.78 is 5.29. The zero-order valence-electron chi connectivity index (χ0n) is 9.81. The average Bonchev–Trinajstić information content (AvgIpc) is 2.76. The summed E-state index contributed by atoms with van der Waals surface area (Å²) in [5, 5.41) is 0. The topological polar surface area (TPSA) is 64.3 Å². The van der Waals surface area contributed by atoms with Crippen molar-refractivity contribution in [2.45, 2.75) is 32.2 Å². The predicted octanol–water partition coefficient (Wildman–Crippen LogP) is 1.45. The molecule has 1 fully saturated rings. The lowest BCUT2D eigenvalue weighted by molar-refractivity contribution is 0.412. The highest BCUT2D eigenvalue weighted by Crippen LogP contribution is 2.35. The highest BCUT2D eigenvalue weighted by atomic mass is 16.5. The lowest BCUT2D eigenvalue weighted by atomic mass is 10.2. The van der Waals surface area contributed by atoms with E-state index in [2.05, 4.69) is 21.8 Å². The van der Waals surface area contributed by atoms with Crippen molar-refractivity contribution >= 4 is 11.6 Å². The fourth-order valence-electron chi connectivity index (χ4n) is 2.32. The van der Waals surface area contributed by atoms with Gasteiger partial charge in [0.25, 0.3) is 0 Å². The van der Waals surface area contributed by atoms with E-state index >= 15 is 0 Å². The van der Waals surface area contributed by atoms with Gasteiger partial charge in [-0.05, 0) is 19.3 Å². The van der Waals surface area contributed by atoms with Gasteiger partial charge >= 0.3 is 0 Å². The van der Waals surface area contributed by atoms with Crippen LogP contribution in [0, 0.1) is 0 Å². The van der Waals surface area contributed by atoms with Crippen LogP contribution >= 0.6 is 0 Å². The molecule has 1 saturated heterocycles. The number of aromatic nitrogens is 2. The third-order valence-electron chi connectivity index (χ3n) is 3.14. The van der Waals surface area contributed by atoms with Crippen LogP contribution in [0.15, 0.2) is 6.33 Å². The molecule has 1 aliphatic heterocycles. The van der Waals surface area contributed by atoms with Crippen LogP contribution in [-0.2, 0) is 0 Å². The summed E-state index contributed by atoms with van der Waals surface area (Å²) in [5.74, 6) is 1.84. The normalized spacial score (nSPS) is 20.1. The van der Waals surface area contributed by atoms with Gasteiger partial charge in [-0.3, -0.25) is 0 Å². The van der Waals surface area contributed by atoms with Crippen LogP contribution in [-0.4, -0.2) is 29.7 Å². The van der Waals surface area contributed by atoms with E-state index in [1.54, 1.807) is 7.11 Å². The van der Waals surface area contributed by atoms with Gasteiger partial charge in [0.15, 0.2) is 11.6 Å². The molecule has 88 valence electrons. The predicted molar refractivity (Wildman–Crippen MR) is 63.7 cm³/mol. The van der Waals surface area contributed by atoms with E-state index in [0.29, 0.717) is 17.6 Å². The van der Waals surface area contributed by atoms with Crippen LogP contribution < -0.4 is 15.4 Å². The minimum Gasteiger partial charge on any atom is -0.490 e. The Morgan fingerprint density at radius 2 is 2.38 bits per heavy atom. The maximum absolute atomic E-state index is 5.78. The number of anilines is 2. The minimum absolute atomic E-state index is 0.411. The first kappa shape index (κ1) is 11.0. The highest BCUT2D eigenvalue weighted by molar-refractivity contribution is 5.63. The second-order valence-electron chi connectivity index (χ2n) is 4.01. The number of nitrogens with zero attached hydrogens (tertiary/aromatic N) is 3. The molecule has 0 aromatic carbocycles. The molecule has 1 atom stereocenters. The molecule has 5 heteroatoms. The van der Waals surface area contributed by atoms with E-state index in [-0.39, 0.29) is 0 Å². The summed E-state index contributed by atoms with van der Waals surface area (Å²) in [7, 11) is 1.61. The van der Waals surface area contributed by atoms with Gasteiger partial charge in [0.1, 0.15) is 6.33 Å². The molecule has 16 heavy (non-hydrogen) atoms. The van der Waals surface area contributed by atoms with E-state index < -0.39 is 0 Å². The number of rotatable bonds is 3. The van der Waals surface area contributed by atoms with Gasteiger partial charge in [0, 0.05) is 12.6 Å². The van der Waals surface area contributed by atoms with Crippen LogP contribution in [0.1, 0.15) is 26.2 Å². The van der Waals surface area contributed by atoms with Crippen molar-refractivity contribution < 1.29 is 4.74 Å². The Bertz CT molecular complexity index is 369. The fraction of sp³-hybridized carbons (Fsp3) is 0.636. The van der Waals surface area contributed by atoms with Crippen LogP contribution in [0.25, 0.3) is 0 Å². The summed E-state index contributed by atoms with van der Waals surface area (Å²) >= 11 is 0. The molecule has 0 radical (unpaired) electrons. The zero-order valence-corrected chi connectivity index (χ0v) is 9.81. The molecular formula is C11H18N4O. The van der Waals surface area contributed by atoms with Gasteiger partial charge in [0.05, 0.1) is 7.11 Å². The molecule has 0 bridgehead atoms. The molecule has 0 aliphatic carbocycles. The van der Waals surface area contributed by atoms with E-state index in [1.165, 1.54) is 19.2 Å². The molecule has 0 amide bonds. The summed E-state index contributed by atoms with van der Waals surface area (Å²) in [5.41, 5.74) is 5.78. The molecular weight excluding hydrogens is 204 g/mol. The second-order valence-corrected chi connectivity index (χ2v) is 4.01. The molecule has 2 heterocycles. The summed E-state index contributed by atoms with van der Waals surface area (Å²) in [6.07, 6.45) is 5.03. The van der Waals surface area contributed by atoms with Crippen molar-refractivity contribution in [2.75, 3.05) is 24.3 Å². The number of hydrogen-bond donors (Lipinski definition) is 1. The first-order valence-corrected chi connectivity index (χ1v) is 5.69. The molecule has 0 saturated carbocycles. The Morgan fingerprint density at radius 3 is 3.06 bits per heavy atom. The highest BCUT2D eigenvalue weighted by Gasteiger charge is 2.27. The van der Waals surface area contributed by atoms with Crippen LogP contribution in [0.4, 0.5) is 11.6 Å². The van der Waals surface area contributed by atoms with E-state index in [4.69, 9.17) is 10.5 Å². The largest absolute Gasteiger partial charge is 0.490 e. The fourth-order valence-corrected chi connectivity index (χ4v) is 2.32. The molecule has 1 unspecified atom stereocenters. The molecule has 1 aromatic heterocycles. The number of ether oxygens (including phenoxy) is 1. The van der Waals surface area contributed by atoms with Gasteiger partial charge in [-0.25, -0.2) is 9.97 Å². The molecule has 5 nitrogen and oxygen atoms in total. The number of methoxy groups -OCH3 is 1. The Kier molecular flexibility index (Phi) is 3.12. The van der Waals surface area contributed by atoms with Crippen LogP contribution in [0.2, 0.25) is 0 Å². The molecule has 2 N–H and O–H groups in total. The summed E-state index contributed by atoms with van der Waals surface area (Å²) in [4.78, 5) is 10.5. The summed E-state index contributed by atoms with van der Waals surface area (Å²) in [6.45, 7) is 3.21. The quantitative estimate of drug-likeness (QED) is 0.838. The lowest BCUT2D eigenvalue weighted by Gasteiger charge is -2.26. The maximum atomic E-state index is 5.78. The third kappa shape index (κ3) is 1.77. The van der Waals surface area contributed by atoms with E-state index in [0.717, 1.165) is 18.8 Å². The first-order valence-electron chi connectivity index (χ1n) is 5.69. The smallest absolute Gasteiger partial charge is 0.204 e. The molecule has 0 spiro atoms. The molecule has 1 aromatic rings. The Morgan fingerprint density at radius 1 is 1.56 bits per heavy atom. The Labute approximate surface area is 95.6 Å². The first-order chi connectivity index (χ1) is 7.77. The maximum Gasteiger partial charge on any atom is 0.204 e. The number of nitrogen functional groups attached to an aromatic ring is 1. The van der Waals surface area contributed by atoms with E-state index in [9.17, 15) is 0 Å². The molecule has 2 rings (SSSR count). The van der Waals surface area contributed by atoms with Crippen molar-refractivity contribution in [3.63, 3.8) is 0 Å². The van der Waals surface area contributed by atoms with Gasteiger partial charge in [-0.1, -0.05) is 6.92 Å².